The molecule has 0 radical (unpaired) electrons. The van der Waals surface area contributed by atoms with Gasteiger partial charge in [0.05, 0.1) is 27.8 Å². The number of benzene rings is 1. The Morgan fingerprint density at radius 2 is 1.66 bits per heavy atom. The third-order valence-corrected chi connectivity index (χ3v) is 5.05. The SMILES string of the molecule is COC(=O)CCNC(=O)C(CCSC)NC(=O)CCNC(=O)c1ccc(OC)c(OC)c1. The van der Waals surface area contributed by atoms with E-state index in [1.807, 2.05) is 6.26 Å². The number of amides is 3. The van der Waals surface area contributed by atoms with Gasteiger partial charge in [0.1, 0.15) is 6.04 Å². The largest absolute Gasteiger partial charge is 0.493 e. The summed E-state index contributed by atoms with van der Waals surface area (Å²) < 4.78 is 14.9. The Hall–Kier alpha value is -2.95. The quantitative estimate of drug-likeness (QED) is 0.340. The second kappa shape index (κ2) is 15.0. The van der Waals surface area contributed by atoms with E-state index in [1.54, 1.807) is 30.0 Å². The van der Waals surface area contributed by atoms with Crippen LogP contribution in [-0.2, 0) is 19.1 Å². The summed E-state index contributed by atoms with van der Waals surface area (Å²) in [5.74, 6) is 0.0686. The van der Waals surface area contributed by atoms with Gasteiger partial charge in [-0.3, -0.25) is 19.2 Å². The zero-order valence-electron chi connectivity index (χ0n) is 18.8. The number of carbonyl (C=O) groups is 4. The van der Waals surface area contributed by atoms with E-state index in [9.17, 15) is 19.2 Å². The molecular weight excluding hydrogens is 438 g/mol. The smallest absolute Gasteiger partial charge is 0.307 e. The second-order valence-corrected chi connectivity index (χ2v) is 7.58. The lowest BCUT2D eigenvalue weighted by Gasteiger charge is -2.18. The van der Waals surface area contributed by atoms with E-state index in [-0.39, 0.29) is 43.7 Å². The number of carbonyl (C=O) groups excluding carboxylic acids is 4. The fourth-order valence-electron chi connectivity index (χ4n) is 2.65. The monoisotopic (exact) mass is 469 g/mol. The van der Waals surface area contributed by atoms with Gasteiger partial charge in [0.2, 0.25) is 11.8 Å². The lowest BCUT2D eigenvalue weighted by atomic mass is 10.2. The molecule has 1 rings (SSSR count). The molecule has 0 aliphatic carbocycles. The van der Waals surface area contributed by atoms with Gasteiger partial charge >= 0.3 is 5.97 Å². The number of hydrogen-bond donors (Lipinski definition) is 3. The van der Waals surface area contributed by atoms with Crippen LogP contribution in [-0.4, -0.2) is 76.2 Å². The zero-order valence-corrected chi connectivity index (χ0v) is 19.6. The lowest BCUT2D eigenvalue weighted by molar-refractivity contribution is -0.140. The highest BCUT2D eigenvalue weighted by molar-refractivity contribution is 7.98. The molecule has 178 valence electrons. The number of hydrogen-bond acceptors (Lipinski definition) is 8. The van der Waals surface area contributed by atoms with E-state index >= 15 is 0 Å². The van der Waals surface area contributed by atoms with Crippen LogP contribution in [0.4, 0.5) is 0 Å². The molecule has 3 N–H and O–H groups in total. The van der Waals surface area contributed by atoms with Gasteiger partial charge < -0.3 is 30.2 Å². The summed E-state index contributed by atoms with van der Waals surface area (Å²) in [7, 11) is 4.25. The maximum Gasteiger partial charge on any atom is 0.307 e. The van der Waals surface area contributed by atoms with Gasteiger partial charge in [-0.2, -0.15) is 11.8 Å². The minimum absolute atomic E-state index is 0.00420. The average molecular weight is 470 g/mol. The second-order valence-electron chi connectivity index (χ2n) is 6.59. The normalized spacial score (nSPS) is 11.1. The van der Waals surface area contributed by atoms with E-state index in [0.717, 1.165) is 0 Å². The molecule has 3 amide bonds. The van der Waals surface area contributed by atoms with Crippen molar-refractivity contribution in [2.24, 2.45) is 0 Å². The summed E-state index contributed by atoms with van der Waals surface area (Å²) in [6, 6.07) is 4.03. The maximum absolute atomic E-state index is 12.4. The van der Waals surface area contributed by atoms with Crippen LogP contribution in [0.1, 0.15) is 29.6 Å². The summed E-state index contributed by atoms with van der Waals surface area (Å²) >= 11 is 1.55. The first-order chi connectivity index (χ1) is 15.4. The van der Waals surface area contributed by atoms with Crippen LogP contribution in [0.5, 0.6) is 11.5 Å². The molecular formula is C21H31N3O7S. The molecule has 0 spiro atoms. The van der Waals surface area contributed by atoms with E-state index in [1.165, 1.54) is 21.3 Å². The van der Waals surface area contributed by atoms with E-state index < -0.39 is 12.0 Å². The summed E-state index contributed by atoms with van der Waals surface area (Å²) in [5, 5.41) is 7.97. The van der Waals surface area contributed by atoms with Crippen LogP contribution >= 0.6 is 11.8 Å². The highest BCUT2D eigenvalue weighted by Gasteiger charge is 2.20. The molecule has 0 bridgehead atoms. The highest BCUT2D eigenvalue weighted by atomic mass is 32.2. The van der Waals surface area contributed by atoms with Crippen molar-refractivity contribution >= 4 is 35.5 Å². The van der Waals surface area contributed by atoms with Crippen molar-refractivity contribution in [1.82, 2.24) is 16.0 Å². The van der Waals surface area contributed by atoms with Gasteiger partial charge in [-0.25, -0.2) is 0 Å². The van der Waals surface area contributed by atoms with Gasteiger partial charge in [-0.05, 0) is 36.6 Å². The highest BCUT2D eigenvalue weighted by Crippen LogP contribution is 2.27. The van der Waals surface area contributed by atoms with Crippen LogP contribution in [0.3, 0.4) is 0 Å². The Morgan fingerprint density at radius 1 is 0.969 bits per heavy atom. The number of nitrogens with one attached hydrogen (secondary N) is 3. The first kappa shape index (κ1) is 27.1. The molecule has 11 heteroatoms. The minimum Gasteiger partial charge on any atom is -0.493 e. The van der Waals surface area contributed by atoms with Gasteiger partial charge in [-0.15, -0.1) is 0 Å². The number of thioether (sulfide) groups is 1. The fourth-order valence-corrected chi connectivity index (χ4v) is 3.12. The molecule has 1 atom stereocenters. The molecule has 0 saturated carbocycles. The lowest BCUT2D eigenvalue weighted by Crippen LogP contribution is -2.48. The third-order valence-electron chi connectivity index (χ3n) is 4.40. The van der Waals surface area contributed by atoms with E-state index in [0.29, 0.717) is 29.2 Å². The molecule has 0 fully saturated rings. The van der Waals surface area contributed by atoms with Crippen molar-refractivity contribution in [3.05, 3.63) is 23.8 Å². The number of esters is 1. The van der Waals surface area contributed by atoms with Crippen molar-refractivity contribution in [2.75, 3.05) is 46.4 Å². The minimum atomic E-state index is -0.728. The fraction of sp³-hybridized carbons (Fsp3) is 0.524. The molecule has 0 aromatic heterocycles. The Balaban J connectivity index is 2.53. The number of rotatable bonds is 14. The summed E-state index contributed by atoms with van der Waals surface area (Å²) in [4.78, 5) is 48.1. The van der Waals surface area contributed by atoms with Crippen molar-refractivity contribution in [3.8, 4) is 11.5 Å². The zero-order chi connectivity index (χ0) is 23.9. The molecule has 0 saturated heterocycles. The summed E-state index contributed by atoms with van der Waals surface area (Å²) in [5.41, 5.74) is 0.367. The standard InChI is InChI=1S/C21H31N3O7S/c1-29-16-6-5-14(13-17(16)30-2)20(27)22-10-7-18(25)24-15(9-12-32-4)21(28)23-11-8-19(26)31-3/h5-6,13,15H,7-12H2,1-4H3,(H,22,27)(H,23,28)(H,24,25). The summed E-state index contributed by atoms with van der Waals surface area (Å²) in [6.45, 7) is 0.219. The average Bonchev–Trinajstić information content (AvgIpc) is 2.80. The van der Waals surface area contributed by atoms with Crippen molar-refractivity contribution in [2.45, 2.75) is 25.3 Å². The number of methoxy groups -OCH3 is 3. The van der Waals surface area contributed by atoms with Crippen LogP contribution in [0.2, 0.25) is 0 Å². The van der Waals surface area contributed by atoms with Gasteiger partial charge in [0, 0.05) is 25.1 Å². The predicted octanol–water partition coefficient (Wildman–Crippen LogP) is 0.741. The molecule has 1 aromatic rings. The molecule has 1 unspecified atom stereocenters. The van der Waals surface area contributed by atoms with Gasteiger partial charge in [0.25, 0.3) is 5.91 Å². The van der Waals surface area contributed by atoms with Gasteiger partial charge in [0.15, 0.2) is 11.5 Å². The first-order valence-corrected chi connectivity index (χ1v) is 11.4. The Kier molecular flexibility index (Phi) is 12.7. The van der Waals surface area contributed by atoms with Crippen LogP contribution in [0.25, 0.3) is 0 Å². The Morgan fingerprint density at radius 3 is 2.28 bits per heavy atom. The van der Waals surface area contributed by atoms with Crippen LogP contribution in [0.15, 0.2) is 18.2 Å². The molecule has 0 aliphatic rings. The van der Waals surface area contributed by atoms with Crippen molar-refractivity contribution in [3.63, 3.8) is 0 Å². The number of ether oxygens (including phenoxy) is 3. The third kappa shape index (κ3) is 9.46. The van der Waals surface area contributed by atoms with Crippen LogP contribution < -0.4 is 25.4 Å². The molecule has 10 nitrogen and oxygen atoms in total. The topological polar surface area (TPSA) is 132 Å². The molecule has 0 heterocycles. The Bertz CT molecular complexity index is 789. The molecule has 32 heavy (non-hydrogen) atoms. The molecule has 0 aliphatic heterocycles. The van der Waals surface area contributed by atoms with Crippen molar-refractivity contribution < 1.29 is 33.4 Å². The maximum atomic E-state index is 12.4. The van der Waals surface area contributed by atoms with E-state index in [4.69, 9.17) is 9.47 Å². The van der Waals surface area contributed by atoms with E-state index in [2.05, 4.69) is 20.7 Å². The van der Waals surface area contributed by atoms with Gasteiger partial charge in [-0.1, -0.05) is 0 Å². The molecule has 1 aromatic carbocycles. The predicted molar refractivity (Wildman–Crippen MR) is 121 cm³/mol. The van der Waals surface area contributed by atoms with Crippen molar-refractivity contribution in [1.29, 1.82) is 0 Å². The summed E-state index contributed by atoms with van der Waals surface area (Å²) in [6.07, 6.45) is 2.39. The first-order valence-electron chi connectivity index (χ1n) is 9.99. The Labute approximate surface area is 192 Å². The van der Waals surface area contributed by atoms with Crippen LogP contribution in [0, 0.1) is 0 Å².